The minimum absolute atomic E-state index is 0.0276. The lowest BCUT2D eigenvalue weighted by atomic mass is 10.1. The Hall–Kier alpha value is -2.49. The Morgan fingerprint density at radius 1 is 1.19 bits per heavy atom. The summed E-state index contributed by atoms with van der Waals surface area (Å²) in [6, 6.07) is 13.4. The fraction of sp³-hybridized carbons (Fsp3) is 0.235. The van der Waals surface area contributed by atoms with Crippen LogP contribution in [0.5, 0.6) is 5.75 Å². The number of carbonyl (C=O) groups is 1. The Kier molecular flexibility index (Phi) is 4.82. The van der Waals surface area contributed by atoms with E-state index >= 15 is 0 Å². The first-order chi connectivity index (χ1) is 10.1. The van der Waals surface area contributed by atoms with Gasteiger partial charge in [0.25, 0.3) is 0 Å². The minimum Gasteiger partial charge on any atom is -0.495 e. The van der Waals surface area contributed by atoms with Crippen molar-refractivity contribution < 1.29 is 9.53 Å². The number of ether oxygens (including phenoxy) is 1. The number of benzene rings is 2. The van der Waals surface area contributed by atoms with Crippen molar-refractivity contribution in [1.82, 2.24) is 0 Å². The average molecular weight is 284 g/mol. The number of hydrogen-bond acceptors (Lipinski definition) is 3. The first-order valence-electron chi connectivity index (χ1n) is 6.87. The molecule has 2 aromatic rings. The summed E-state index contributed by atoms with van der Waals surface area (Å²) in [6.07, 6.45) is 1.16. The summed E-state index contributed by atoms with van der Waals surface area (Å²) in [5.74, 6) is 0.577. The van der Waals surface area contributed by atoms with E-state index in [1.54, 1.807) is 25.3 Å². The molecule has 0 aliphatic rings. The van der Waals surface area contributed by atoms with Gasteiger partial charge >= 0.3 is 0 Å². The third-order valence-corrected chi connectivity index (χ3v) is 3.27. The summed E-state index contributed by atoms with van der Waals surface area (Å²) >= 11 is 0. The fourth-order valence-corrected chi connectivity index (χ4v) is 2.05. The molecular weight excluding hydrogens is 264 g/mol. The number of nitrogens with two attached hydrogens (primary N) is 1. The van der Waals surface area contributed by atoms with Crippen LogP contribution in [0.4, 0.5) is 11.4 Å². The van der Waals surface area contributed by atoms with E-state index in [9.17, 15) is 4.79 Å². The van der Waals surface area contributed by atoms with Crippen LogP contribution in [0.1, 0.15) is 17.5 Å². The zero-order valence-electron chi connectivity index (χ0n) is 12.3. The number of rotatable bonds is 5. The molecule has 0 fully saturated rings. The Morgan fingerprint density at radius 3 is 2.52 bits per heavy atom. The molecule has 0 aliphatic carbocycles. The van der Waals surface area contributed by atoms with Gasteiger partial charge in [-0.15, -0.1) is 0 Å². The molecule has 0 saturated carbocycles. The number of aryl methyl sites for hydroxylation is 2. The van der Waals surface area contributed by atoms with E-state index in [4.69, 9.17) is 10.5 Å². The van der Waals surface area contributed by atoms with E-state index < -0.39 is 0 Å². The molecule has 0 atom stereocenters. The maximum atomic E-state index is 11.9. The normalized spacial score (nSPS) is 10.2. The predicted octanol–water partition coefficient (Wildman–Crippen LogP) is 3.16. The Morgan fingerprint density at radius 2 is 1.90 bits per heavy atom. The monoisotopic (exact) mass is 284 g/mol. The van der Waals surface area contributed by atoms with Crippen molar-refractivity contribution in [1.29, 1.82) is 0 Å². The lowest BCUT2D eigenvalue weighted by Crippen LogP contribution is -2.12. The van der Waals surface area contributed by atoms with Crippen molar-refractivity contribution in [2.75, 3.05) is 18.2 Å². The highest BCUT2D eigenvalue weighted by Crippen LogP contribution is 2.24. The van der Waals surface area contributed by atoms with Crippen LogP contribution in [0.2, 0.25) is 0 Å². The molecule has 0 bridgehead atoms. The number of nitrogen functional groups attached to an aromatic ring is 1. The van der Waals surface area contributed by atoms with Crippen molar-refractivity contribution in [3.63, 3.8) is 0 Å². The highest BCUT2D eigenvalue weighted by Gasteiger charge is 2.05. The Bertz CT molecular complexity index is 621. The van der Waals surface area contributed by atoms with E-state index in [1.807, 2.05) is 19.1 Å². The smallest absolute Gasteiger partial charge is 0.224 e. The fourth-order valence-electron chi connectivity index (χ4n) is 2.05. The summed E-state index contributed by atoms with van der Waals surface area (Å²) in [5, 5.41) is 2.84. The summed E-state index contributed by atoms with van der Waals surface area (Å²) < 4.78 is 5.08. The molecule has 0 radical (unpaired) electrons. The van der Waals surface area contributed by atoms with Gasteiger partial charge in [0, 0.05) is 12.1 Å². The Balaban J connectivity index is 1.89. The van der Waals surface area contributed by atoms with Gasteiger partial charge in [-0.3, -0.25) is 4.79 Å². The first kappa shape index (κ1) is 14.9. The summed E-state index contributed by atoms with van der Waals surface area (Å²) in [5.41, 5.74) is 9.38. The number of hydrogen-bond donors (Lipinski definition) is 2. The van der Waals surface area contributed by atoms with Crippen molar-refractivity contribution in [2.24, 2.45) is 0 Å². The first-order valence-corrected chi connectivity index (χ1v) is 6.87. The third-order valence-electron chi connectivity index (χ3n) is 3.27. The predicted molar refractivity (Wildman–Crippen MR) is 85.5 cm³/mol. The van der Waals surface area contributed by atoms with Gasteiger partial charge in [-0.05, 0) is 37.1 Å². The van der Waals surface area contributed by atoms with E-state index in [1.165, 1.54) is 5.56 Å². The van der Waals surface area contributed by atoms with E-state index in [0.717, 1.165) is 12.0 Å². The maximum absolute atomic E-state index is 11.9. The lowest BCUT2D eigenvalue weighted by Gasteiger charge is -2.09. The standard InChI is InChI=1S/C17H20N2O2/c1-12-3-5-13(6-4-12)7-10-17(20)19-14-8-9-16(21-2)15(18)11-14/h3-6,8-9,11H,7,10,18H2,1-2H3,(H,19,20). The van der Waals surface area contributed by atoms with Gasteiger partial charge in [-0.1, -0.05) is 29.8 Å². The van der Waals surface area contributed by atoms with Crippen LogP contribution in [-0.2, 0) is 11.2 Å². The molecule has 0 heterocycles. The molecule has 1 amide bonds. The molecule has 110 valence electrons. The average Bonchev–Trinajstić information content (AvgIpc) is 2.47. The largest absolute Gasteiger partial charge is 0.495 e. The van der Waals surface area contributed by atoms with Crippen molar-refractivity contribution in [2.45, 2.75) is 19.8 Å². The number of methoxy groups -OCH3 is 1. The topological polar surface area (TPSA) is 64.3 Å². The van der Waals surface area contributed by atoms with E-state index in [0.29, 0.717) is 23.5 Å². The quantitative estimate of drug-likeness (QED) is 0.829. The number of carbonyl (C=O) groups excluding carboxylic acids is 1. The third kappa shape index (κ3) is 4.24. The van der Waals surface area contributed by atoms with Gasteiger partial charge in [0.2, 0.25) is 5.91 Å². The number of amides is 1. The van der Waals surface area contributed by atoms with Crippen LogP contribution in [0.15, 0.2) is 42.5 Å². The molecule has 0 aromatic heterocycles. The van der Waals surface area contributed by atoms with Crippen LogP contribution >= 0.6 is 0 Å². The second-order valence-corrected chi connectivity index (χ2v) is 4.99. The van der Waals surface area contributed by atoms with Gasteiger partial charge in [-0.25, -0.2) is 0 Å². The number of nitrogens with one attached hydrogen (secondary N) is 1. The van der Waals surface area contributed by atoms with Gasteiger partial charge < -0.3 is 15.8 Å². The van der Waals surface area contributed by atoms with Crippen LogP contribution < -0.4 is 15.8 Å². The molecule has 21 heavy (non-hydrogen) atoms. The number of anilines is 2. The molecular formula is C17H20N2O2. The molecule has 4 heteroatoms. The van der Waals surface area contributed by atoms with Crippen molar-refractivity contribution in [3.8, 4) is 5.75 Å². The van der Waals surface area contributed by atoms with Crippen LogP contribution in [0.3, 0.4) is 0 Å². The van der Waals surface area contributed by atoms with Crippen molar-refractivity contribution >= 4 is 17.3 Å². The van der Waals surface area contributed by atoms with Crippen LogP contribution in [0, 0.1) is 6.92 Å². The molecule has 3 N–H and O–H groups in total. The molecule has 0 spiro atoms. The molecule has 2 aromatic carbocycles. The van der Waals surface area contributed by atoms with Gasteiger partial charge in [0.15, 0.2) is 0 Å². The minimum atomic E-state index is -0.0276. The van der Waals surface area contributed by atoms with Gasteiger partial charge in [0.1, 0.15) is 5.75 Å². The van der Waals surface area contributed by atoms with Crippen LogP contribution in [-0.4, -0.2) is 13.0 Å². The zero-order chi connectivity index (χ0) is 15.2. The maximum Gasteiger partial charge on any atom is 0.224 e. The molecule has 0 aliphatic heterocycles. The lowest BCUT2D eigenvalue weighted by molar-refractivity contribution is -0.116. The van der Waals surface area contributed by atoms with E-state index in [-0.39, 0.29) is 5.91 Å². The highest BCUT2D eigenvalue weighted by molar-refractivity contribution is 5.91. The second-order valence-electron chi connectivity index (χ2n) is 4.99. The molecule has 0 saturated heterocycles. The summed E-state index contributed by atoms with van der Waals surface area (Å²) in [6.45, 7) is 2.05. The second kappa shape index (κ2) is 6.79. The summed E-state index contributed by atoms with van der Waals surface area (Å²) in [4.78, 5) is 11.9. The molecule has 0 unspecified atom stereocenters. The zero-order valence-corrected chi connectivity index (χ0v) is 12.3. The molecule has 2 rings (SSSR count). The van der Waals surface area contributed by atoms with E-state index in [2.05, 4.69) is 17.4 Å². The van der Waals surface area contributed by atoms with Crippen molar-refractivity contribution in [3.05, 3.63) is 53.6 Å². The van der Waals surface area contributed by atoms with Gasteiger partial charge in [-0.2, -0.15) is 0 Å². The summed E-state index contributed by atoms with van der Waals surface area (Å²) in [7, 11) is 1.56. The SMILES string of the molecule is COc1ccc(NC(=O)CCc2ccc(C)cc2)cc1N. The Labute approximate surface area is 124 Å². The molecule has 4 nitrogen and oxygen atoms in total. The highest BCUT2D eigenvalue weighted by atomic mass is 16.5. The van der Waals surface area contributed by atoms with Gasteiger partial charge in [0.05, 0.1) is 12.8 Å². The van der Waals surface area contributed by atoms with Crippen LogP contribution in [0.25, 0.3) is 0 Å².